The summed E-state index contributed by atoms with van der Waals surface area (Å²) in [5.41, 5.74) is 0.893. The summed E-state index contributed by atoms with van der Waals surface area (Å²) in [7, 11) is 0. The Morgan fingerprint density at radius 1 is 1.21 bits per heavy atom. The highest BCUT2D eigenvalue weighted by Crippen LogP contribution is 2.39. The summed E-state index contributed by atoms with van der Waals surface area (Å²) in [5.74, 6) is 0. The third kappa shape index (κ3) is 4.39. The molecular weight excluding hydrogens is 321 g/mol. The Kier molecular flexibility index (Phi) is 6.04. The van der Waals surface area contributed by atoms with E-state index in [1.54, 1.807) is 11.3 Å². The van der Waals surface area contributed by atoms with Crippen molar-refractivity contribution in [3.8, 4) is 10.6 Å². The molecule has 2 aromatic heterocycles. The van der Waals surface area contributed by atoms with Crippen LogP contribution < -0.4 is 5.32 Å². The molecule has 1 N–H and O–H groups in total. The van der Waals surface area contributed by atoms with E-state index in [9.17, 15) is 0 Å². The van der Waals surface area contributed by atoms with Gasteiger partial charge >= 0.3 is 0 Å². The Morgan fingerprint density at radius 3 is 2.74 bits per heavy atom. The second-order valence-electron chi connectivity index (χ2n) is 4.09. The number of halogens is 2. The Labute approximate surface area is 131 Å². The molecule has 0 atom stereocenters. The summed E-state index contributed by atoms with van der Waals surface area (Å²) in [5, 5.41) is 13.7. The topological polar surface area (TPSA) is 37.8 Å². The van der Waals surface area contributed by atoms with Gasteiger partial charge in [0.25, 0.3) is 0 Å². The van der Waals surface area contributed by atoms with Gasteiger partial charge in [0, 0.05) is 12.0 Å². The largest absolute Gasteiger partial charge is 0.317 e. The van der Waals surface area contributed by atoms with Crippen LogP contribution in [0.2, 0.25) is 8.67 Å². The van der Waals surface area contributed by atoms with Gasteiger partial charge < -0.3 is 5.32 Å². The number of rotatable bonds is 7. The molecule has 0 aromatic carbocycles. The van der Waals surface area contributed by atoms with Gasteiger partial charge in [-0.15, -0.1) is 21.5 Å². The Balaban J connectivity index is 1.90. The maximum atomic E-state index is 6.11. The standard InChI is InChI=1S/C12H15Cl2N3S2/c1-2-5-15-6-3-4-10-16-17-12(19-10)8-7-9(13)18-11(8)14/h7,15H,2-6H2,1H3. The second kappa shape index (κ2) is 7.55. The first kappa shape index (κ1) is 15.2. The SMILES string of the molecule is CCCNCCCc1nnc(-c2cc(Cl)sc2Cl)s1. The molecule has 0 saturated carbocycles. The number of aromatic nitrogens is 2. The lowest BCUT2D eigenvalue weighted by Gasteiger charge is -1.99. The van der Waals surface area contributed by atoms with Crippen molar-refractivity contribution in [3.05, 3.63) is 19.7 Å². The zero-order valence-electron chi connectivity index (χ0n) is 10.6. The van der Waals surface area contributed by atoms with Crippen LogP contribution in [0.4, 0.5) is 0 Å². The van der Waals surface area contributed by atoms with Gasteiger partial charge in [-0.1, -0.05) is 41.5 Å². The van der Waals surface area contributed by atoms with E-state index in [-0.39, 0.29) is 0 Å². The molecule has 2 aromatic rings. The third-order valence-electron chi connectivity index (χ3n) is 2.52. The van der Waals surface area contributed by atoms with E-state index in [1.807, 2.05) is 6.07 Å². The van der Waals surface area contributed by atoms with Gasteiger partial charge in [0.15, 0.2) is 0 Å². The molecule has 7 heteroatoms. The van der Waals surface area contributed by atoms with Gasteiger partial charge in [0.2, 0.25) is 0 Å². The number of nitrogens with zero attached hydrogens (tertiary/aromatic N) is 2. The van der Waals surface area contributed by atoms with E-state index in [2.05, 4.69) is 22.4 Å². The number of thiophene rings is 1. The van der Waals surface area contributed by atoms with Crippen LogP contribution in [-0.2, 0) is 6.42 Å². The van der Waals surface area contributed by atoms with E-state index in [0.717, 1.165) is 41.5 Å². The van der Waals surface area contributed by atoms with Crippen LogP contribution in [0.25, 0.3) is 10.6 Å². The van der Waals surface area contributed by atoms with E-state index in [0.29, 0.717) is 8.67 Å². The molecule has 0 aliphatic carbocycles. The Morgan fingerprint density at radius 2 is 2.05 bits per heavy atom. The van der Waals surface area contributed by atoms with Crippen molar-refractivity contribution in [1.82, 2.24) is 15.5 Å². The molecule has 2 rings (SSSR count). The first-order chi connectivity index (χ1) is 9.20. The van der Waals surface area contributed by atoms with Crippen molar-refractivity contribution in [2.75, 3.05) is 13.1 Å². The molecule has 0 bridgehead atoms. The lowest BCUT2D eigenvalue weighted by Crippen LogP contribution is -2.16. The molecule has 0 saturated heterocycles. The predicted octanol–water partition coefficient (Wildman–Crippen LogP) is 4.51. The number of aryl methyl sites for hydroxylation is 1. The molecular formula is C12H15Cl2N3S2. The van der Waals surface area contributed by atoms with Gasteiger partial charge in [0.1, 0.15) is 14.4 Å². The lowest BCUT2D eigenvalue weighted by molar-refractivity contribution is 0.637. The minimum atomic E-state index is 0.678. The van der Waals surface area contributed by atoms with Gasteiger partial charge in [-0.2, -0.15) is 0 Å². The molecule has 0 radical (unpaired) electrons. The van der Waals surface area contributed by atoms with Crippen LogP contribution in [0.5, 0.6) is 0 Å². The second-order valence-corrected chi connectivity index (χ2v) is 7.44. The molecule has 0 spiro atoms. The maximum absolute atomic E-state index is 6.11. The first-order valence-corrected chi connectivity index (χ1v) is 8.58. The normalized spacial score (nSPS) is 11.1. The van der Waals surface area contributed by atoms with Crippen LogP contribution in [0.3, 0.4) is 0 Å². The summed E-state index contributed by atoms with van der Waals surface area (Å²) in [4.78, 5) is 0. The summed E-state index contributed by atoms with van der Waals surface area (Å²) in [6.07, 6.45) is 3.19. The molecule has 0 aliphatic rings. The Bertz CT molecular complexity index is 525. The number of hydrogen-bond acceptors (Lipinski definition) is 5. The van der Waals surface area contributed by atoms with E-state index < -0.39 is 0 Å². The molecule has 3 nitrogen and oxygen atoms in total. The van der Waals surface area contributed by atoms with Crippen LogP contribution in [-0.4, -0.2) is 23.3 Å². The zero-order valence-corrected chi connectivity index (χ0v) is 13.7. The molecule has 0 unspecified atom stereocenters. The van der Waals surface area contributed by atoms with Crippen molar-refractivity contribution in [2.24, 2.45) is 0 Å². The molecule has 19 heavy (non-hydrogen) atoms. The van der Waals surface area contributed by atoms with Crippen LogP contribution in [0.15, 0.2) is 6.07 Å². The van der Waals surface area contributed by atoms with Crippen LogP contribution in [0.1, 0.15) is 24.8 Å². The number of hydrogen-bond donors (Lipinski definition) is 1. The van der Waals surface area contributed by atoms with E-state index >= 15 is 0 Å². The highest BCUT2D eigenvalue weighted by molar-refractivity contribution is 7.21. The zero-order chi connectivity index (χ0) is 13.7. The highest BCUT2D eigenvalue weighted by Gasteiger charge is 2.13. The van der Waals surface area contributed by atoms with Gasteiger partial charge in [0.05, 0.1) is 4.34 Å². The first-order valence-electron chi connectivity index (χ1n) is 6.19. The van der Waals surface area contributed by atoms with Crippen molar-refractivity contribution < 1.29 is 0 Å². The van der Waals surface area contributed by atoms with Crippen molar-refractivity contribution in [1.29, 1.82) is 0 Å². The highest BCUT2D eigenvalue weighted by atomic mass is 35.5. The smallest absolute Gasteiger partial charge is 0.150 e. The summed E-state index contributed by atoms with van der Waals surface area (Å²) in [6, 6.07) is 1.85. The van der Waals surface area contributed by atoms with E-state index in [1.165, 1.54) is 17.8 Å². The fourth-order valence-electron chi connectivity index (χ4n) is 1.62. The molecule has 2 heterocycles. The average molecular weight is 336 g/mol. The summed E-state index contributed by atoms with van der Waals surface area (Å²) >= 11 is 15.0. The van der Waals surface area contributed by atoms with Crippen molar-refractivity contribution in [2.45, 2.75) is 26.2 Å². The fraction of sp³-hybridized carbons (Fsp3) is 0.500. The van der Waals surface area contributed by atoms with Gasteiger partial charge in [-0.3, -0.25) is 0 Å². The van der Waals surface area contributed by atoms with Crippen LogP contribution in [0, 0.1) is 0 Å². The monoisotopic (exact) mass is 335 g/mol. The number of nitrogens with one attached hydrogen (secondary N) is 1. The third-order valence-corrected chi connectivity index (χ3v) is 5.03. The summed E-state index contributed by atoms with van der Waals surface area (Å²) < 4.78 is 1.36. The average Bonchev–Trinajstić information content (AvgIpc) is 2.95. The minimum Gasteiger partial charge on any atom is -0.317 e. The summed E-state index contributed by atoms with van der Waals surface area (Å²) in [6.45, 7) is 4.26. The van der Waals surface area contributed by atoms with Crippen LogP contribution >= 0.6 is 45.9 Å². The Hall–Kier alpha value is -0.200. The lowest BCUT2D eigenvalue weighted by atomic mass is 10.3. The maximum Gasteiger partial charge on any atom is 0.150 e. The molecule has 0 amide bonds. The predicted molar refractivity (Wildman–Crippen MR) is 84.7 cm³/mol. The minimum absolute atomic E-state index is 0.678. The fourth-order valence-corrected chi connectivity index (χ4v) is 4.11. The molecule has 104 valence electrons. The van der Waals surface area contributed by atoms with E-state index in [4.69, 9.17) is 23.2 Å². The van der Waals surface area contributed by atoms with Gasteiger partial charge in [-0.05, 0) is 32.0 Å². The molecule has 0 fully saturated rings. The quantitative estimate of drug-likeness (QED) is 0.756. The van der Waals surface area contributed by atoms with Crippen molar-refractivity contribution in [3.63, 3.8) is 0 Å². The molecule has 0 aliphatic heterocycles. The van der Waals surface area contributed by atoms with Gasteiger partial charge in [-0.25, -0.2) is 0 Å². The van der Waals surface area contributed by atoms with Crippen molar-refractivity contribution >= 4 is 45.9 Å².